The first kappa shape index (κ1) is 32.2. The molecule has 3 heterocycles. The van der Waals surface area contributed by atoms with E-state index < -0.39 is 34.4 Å². The summed E-state index contributed by atoms with van der Waals surface area (Å²) < 4.78 is 54.2. The van der Waals surface area contributed by atoms with Gasteiger partial charge < -0.3 is 28.8 Å². The summed E-state index contributed by atoms with van der Waals surface area (Å²) >= 11 is 1.50. The summed E-state index contributed by atoms with van der Waals surface area (Å²) in [7, 11) is -4.22. The third kappa shape index (κ3) is 7.71. The van der Waals surface area contributed by atoms with Crippen LogP contribution in [0.25, 0.3) is 11.0 Å². The molecule has 3 aromatic rings. The number of carbonyl (C=O) groups excluding carboxylic acids is 2. The van der Waals surface area contributed by atoms with Gasteiger partial charge in [-0.05, 0) is 44.4 Å². The first-order chi connectivity index (χ1) is 21.2. The fourth-order valence-electron chi connectivity index (χ4n) is 5.17. The van der Waals surface area contributed by atoms with E-state index >= 15 is 0 Å². The Morgan fingerprint density at radius 2 is 1.98 bits per heavy atom. The number of esters is 1. The number of imidazole rings is 1. The van der Waals surface area contributed by atoms with Crippen molar-refractivity contribution < 1.29 is 37.0 Å². The van der Waals surface area contributed by atoms with E-state index in [-0.39, 0.29) is 36.1 Å². The Labute approximate surface area is 260 Å². The van der Waals surface area contributed by atoms with Gasteiger partial charge in [0, 0.05) is 31.5 Å². The minimum atomic E-state index is -4.22. The fourth-order valence-corrected chi connectivity index (χ4v) is 7.09. The van der Waals surface area contributed by atoms with Crippen molar-refractivity contribution in [1.29, 1.82) is 0 Å². The van der Waals surface area contributed by atoms with Gasteiger partial charge in [0.1, 0.15) is 16.7 Å². The van der Waals surface area contributed by atoms with E-state index in [1.807, 2.05) is 46.9 Å². The number of ether oxygens (including phenoxy) is 4. The Balaban J connectivity index is 1.40. The highest BCUT2D eigenvalue weighted by atomic mass is 32.2. The van der Waals surface area contributed by atoms with E-state index in [2.05, 4.69) is 15.0 Å². The molecule has 3 atom stereocenters. The van der Waals surface area contributed by atoms with Gasteiger partial charge in [-0.2, -0.15) is 0 Å². The number of fused-ring (bicyclic) bond motifs is 1. The molecule has 13 nitrogen and oxygen atoms in total. The molecule has 1 aromatic heterocycles. The lowest BCUT2D eigenvalue weighted by Gasteiger charge is -2.26. The number of aromatic nitrogens is 2. The summed E-state index contributed by atoms with van der Waals surface area (Å²) in [6, 6.07) is 11.2. The van der Waals surface area contributed by atoms with E-state index in [9.17, 15) is 18.0 Å². The van der Waals surface area contributed by atoms with E-state index in [0.717, 1.165) is 16.2 Å². The Morgan fingerprint density at radius 1 is 1.20 bits per heavy atom. The summed E-state index contributed by atoms with van der Waals surface area (Å²) in [5.41, 5.74) is 2.16. The van der Waals surface area contributed by atoms with Crippen LogP contribution in [0.15, 0.2) is 52.5 Å². The van der Waals surface area contributed by atoms with Gasteiger partial charge in [0.05, 0.1) is 49.8 Å². The molecule has 2 aromatic carbocycles. The third-order valence-corrected chi connectivity index (χ3v) is 9.36. The molecule has 2 unspecified atom stereocenters. The van der Waals surface area contributed by atoms with Gasteiger partial charge in [0.25, 0.3) is 0 Å². The summed E-state index contributed by atoms with van der Waals surface area (Å²) in [5, 5.41) is 3.65. The molecule has 2 N–H and O–H groups in total. The van der Waals surface area contributed by atoms with Gasteiger partial charge in [-0.1, -0.05) is 23.9 Å². The molecule has 44 heavy (non-hydrogen) atoms. The second kappa shape index (κ2) is 14.3. The molecule has 238 valence electrons. The van der Waals surface area contributed by atoms with Gasteiger partial charge in [0.15, 0.2) is 5.16 Å². The summed E-state index contributed by atoms with van der Waals surface area (Å²) in [6.45, 7) is 6.79. The van der Waals surface area contributed by atoms with Crippen LogP contribution in [0.4, 0.5) is 5.69 Å². The van der Waals surface area contributed by atoms with Crippen LogP contribution < -0.4 is 14.8 Å². The highest BCUT2D eigenvalue weighted by Gasteiger charge is 2.39. The van der Waals surface area contributed by atoms with Crippen molar-refractivity contribution in [3.63, 3.8) is 0 Å². The molecule has 0 saturated carbocycles. The third-order valence-electron chi connectivity index (χ3n) is 7.16. The maximum absolute atomic E-state index is 13.7. The quantitative estimate of drug-likeness (QED) is 0.208. The lowest BCUT2D eigenvalue weighted by molar-refractivity contribution is -0.163. The summed E-state index contributed by atoms with van der Waals surface area (Å²) in [4.78, 5) is 31.3. The molecule has 0 aliphatic carbocycles. The number of carbonyl (C=O) groups is 2. The molecule has 2 aliphatic rings. The number of hydrogen-bond acceptors (Lipinski definition) is 11. The first-order valence-corrected chi connectivity index (χ1v) is 17.1. The van der Waals surface area contributed by atoms with Crippen LogP contribution in [-0.4, -0.2) is 98.9 Å². The van der Waals surface area contributed by atoms with Crippen molar-refractivity contribution in [2.24, 2.45) is 0 Å². The Bertz CT molecular complexity index is 1590. The highest BCUT2D eigenvalue weighted by molar-refractivity contribution is 7.98. The number of amides is 1. The van der Waals surface area contributed by atoms with Crippen molar-refractivity contribution in [3.8, 4) is 5.75 Å². The molecule has 0 bridgehead atoms. The number of morpholine rings is 1. The van der Waals surface area contributed by atoms with Crippen molar-refractivity contribution in [1.82, 2.24) is 19.2 Å². The molecule has 2 saturated heterocycles. The van der Waals surface area contributed by atoms with Crippen LogP contribution in [0.5, 0.6) is 5.75 Å². The second-order valence-electron chi connectivity index (χ2n) is 10.5. The molecular weight excluding hydrogens is 610 g/mol. The predicted molar refractivity (Wildman–Crippen MR) is 164 cm³/mol. The van der Waals surface area contributed by atoms with Gasteiger partial charge in [-0.15, -0.1) is 0 Å². The molecule has 15 heteroatoms. The number of para-hydroxylation sites is 2. The minimum absolute atomic E-state index is 0.0440. The standard InChI is InChI=1S/C29H37N5O8S2/c1-4-40-28-22(16-27(36)42-28)32-44(37,38)25-10-9-20(30-26(35)18-33-11-13-39-14-12-33)15-24(25)41-19(2)17-34-23-8-6-5-7-21(23)31-29(34)43-3/h5-10,15,19,22,28,32H,4,11-14,16-18H2,1-3H3,(H,30,35)/t19-,22?,28?/m1/s1. The van der Waals surface area contributed by atoms with E-state index in [1.54, 1.807) is 6.92 Å². The fraction of sp³-hybridized carbons (Fsp3) is 0.483. The number of nitrogens with one attached hydrogen (secondary N) is 2. The molecule has 0 radical (unpaired) electrons. The maximum Gasteiger partial charge on any atom is 0.310 e. The number of sulfonamides is 1. The molecule has 2 fully saturated rings. The van der Waals surface area contributed by atoms with Crippen LogP contribution >= 0.6 is 11.8 Å². The van der Waals surface area contributed by atoms with Crippen LogP contribution in [-0.2, 0) is 40.4 Å². The zero-order chi connectivity index (χ0) is 31.3. The average molecular weight is 648 g/mol. The Hall–Kier alpha value is -3.21. The SMILES string of the molecule is CCOC1OC(=O)CC1NS(=O)(=O)c1ccc(NC(=O)CN2CCOCC2)cc1O[C@H](C)Cn1c(SC)nc2ccccc21. The number of thioether (sulfide) groups is 1. The summed E-state index contributed by atoms with van der Waals surface area (Å²) in [5.74, 6) is -0.755. The van der Waals surface area contributed by atoms with Crippen LogP contribution in [0.2, 0.25) is 0 Å². The highest BCUT2D eigenvalue weighted by Crippen LogP contribution is 2.31. The minimum Gasteiger partial charge on any atom is -0.487 e. The molecule has 5 rings (SSSR count). The van der Waals surface area contributed by atoms with Crippen molar-refractivity contribution in [2.45, 2.75) is 55.3 Å². The lowest BCUT2D eigenvalue weighted by atomic mass is 10.2. The topological polar surface area (TPSA) is 150 Å². The van der Waals surface area contributed by atoms with Crippen molar-refractivity contribution in [2.75, 3.05) is 51.0 Å². The smallest absolute Gasteiger partial charge is 0.310 e. The summed E-state index contributed by atoms with van der Waals surface area (Å²) in [6.07, 6.45) is 0.232. The number of cyclic esters (lactones) is 1. The van der Waals surface area contributed by atoms with Gasteiger partial charge in [-0.25, -0.2) is 18.1 Å². The number of nitrogens with zero attached hydrogens (tertiary/aromatic N) is 3. The van der Waals surface area contributed by atoms with Crippen LogP contribution in [0.1, 0.15) is 20.3 Å². The van der Waals surface area contributed by atoms with Gasteiger partial charge in [-0.3, -0.25) is 14.5 Å². The zero-order valence-electron chi connectivity index (χ0n) is 24.9. The van der Waals surface area contributed by atoms with Crippen LogP contribution in [0.3, 0.4) is 0 Å². The monoisotopic (exact) mass is 647 g/mol. The largest absolute Gasteiger partial charge is 0.487 e. The lowest BCUT2D eigenvalue weighted by Crippen LogP contribution is -2.41. The molecule has 1 amide bonds. The van der Waals surface area contributed by atoms with Gasteiger partial charge in [0.2, 0.25) is 22.2 Å². The van der Waals surface area contributed by atoms with Crippen LogP contribution in [0, 0.1) is 0 Å². The maximum atomic E-state index is 13.7. The van der Waals surface area contributed by atoms with Crippen molar-refractivity contribution in [3.05, 3.63) is 42.5 Å². The first-order valence-electron chi connectivity index (χ1n) is 14.4. The zero-order valence-corrected chi connectivity index (χ0v) is 26.5. The Kier molecular flexibility index (Phi) is 10.4. The van der Waals surface area contributed by atoms with Gasteiger partial charge >= 0.3 is 5.97 Å². The van der Waals surface area contributed by atoms with Crippen molar-refractivity contribution >= 4 is 50.4 Å². The average Bonchev–Trinajstić information content (AvgIpc) is 3.51. The second-order valence-corrected chi connectivity index (χ2v) is 12.9. The van der Waals surface area contributed by atoms with E-state index in [0.29, 0.717) is 38.5 Å². The number of hydrogen-bond donors (Lipinski definition) is 2. The normalized spacial score (nSPS) is 20.0. The predicted octanol–water partition coefficient (Wildman–Crippen LogP) is 2.45. The Morgan fingerprint density at radius 3 is 2.73 bits per heavy atom. The number of anilines is 1. The molecular formula is C29H37N5O8S2. The molecule has 2 aliphatic heterocycles. The number of benzene rings is 2. The van der Waals surface area contributed by atoms with E-state index in [4.69, 9.17) is 18.9 Å². The van der Waals surface area contributed by atoms with E-state index in [1.165, 1.54) is 30.0 Å². The number of rotatable bonds is 13. The molecule has 0 spiro atoms.